The number of alkyl halides is 1. The summed E-state index contributed by atoms with van der Waals surface area (Å²) in [5.74, 6) is 0.0432. The molecule has 1 aromatic heterocycles. The van der Waals surface area contributed by atoms with Crippen LogP contribution in [-0.4, -0.2) is 77.5 Å². The highest BCUT2D eigenvalue weighted by Crippen LogP contribution is 2.44. The van der Waals surface area contributed by atoms with Gasteiger partial charge in [0.15, 0.2) is 5.82 Å². The number of para-hydroxylation sites is 1. The Balaban J connectivity index is 0.00000115. The van der Waals surface area contributed by atoms with Gasteiger partial charge in [-0.05, 0) is 69.2 Å². The molecule has 0 spiro atoms. The molecule has 238 valence electrons. The number of aryl methyl sites for hydroxylation is 1. The zero-order chi connectivity index (χ0) is 31.6. The summed E-state index contributed by atoms with van der Waals surface area (Å²) in [4.78, 5) is 24.1. The number of halogens is 3. The van der Waals surface area contributed by atoms with Crippen molar-refractivity contribution in [2.24, 2.45) is 5.92 Å². The second-order valence-corrected chi connectivity index (χ2v) is 12.8. The van der Waals surface area contributed by atoms with Crippen LogP contribution >= 0.6 is 11.6 Å². The lowest BCUT2D eigenvalue weighted by atomic mass is 9.95. The van der Waals surface area contributed by atoms with Crippen LogP contribution in [0.1, 0.15) is 50.5 Å². The number of rotatable bonds is 5. The molecule has 0 bridgehead atoms. The van der Waals surface area contributed by atoms with Crippen molar-refractivity contribution in [3.8, 4) is 12.1 Å². The maximum Gasteiger partial charge on any atom is 0.319 e. The second-order valence-electron chi connectivity index (χ2n) is 12.3. The average molecular weight is 639 g/mol. The van der Waals surface area contributed by atoms with Gasteiger partial charge in [-0.15, -0.1) is 0 Å². The molecule has 1 unspecified atom stereocenters. The van der Waals surface area contributed by atoms with Gasteiger partial charge < -0.3 is 19.6 Å². The van der Waals surface area contributed by atoms with Gasteiger partial charge in [0.2, 0.25) is 0 Å². The van der Waals surface area contributed by atoms with Gasteiger partial charge in [0, 0.05) is 49.6 Å². The number of fused-ring (bicyclic) bond motifs is 3. The van der Waals surface area contributed by atoms with Crippen molar-refractivity contribution in [3.05, 3.63) is 46.7 Å². The first-order chi connectivity index (χ1) is 21.9. The minimum absolute atomic E-state index is 0.0200. The molecule has 0 amide bonds. The van der Waals surface area contributed by atoms with E-state index in [0.717, 1.165) is 56.3 Å². The Kier molecular flexibility index (Phi) is 9.24. The fourth-order valence-corrected chi connectivity index (χ4v) is 7.85. The van der Waals surface area contributed by atoms with Crippen molar-refractivity contribution in [2.75, 3.05) is 49.1 Å². The van der Waals surface area contributed by atoms with Crippen LogP contribution in [0.2, 0.25) is 5.02 Å². The number of anilines is 3. The molecule has 5 heterocycles. The normalized spacial score (nSPS) is 24.7. The van der Waals surface area contributed by atoms with Gasteiger partial charge in [0.25, 0.3) is 6.47 Å². The van der Waals surface area contributed by atoms with Gasteiger partial charge in [0.1, 0.15) is 24.1 Å². The first kappa shape index (κ1) is 31.2. The zero-order valence-corrected chi connectivity index (χ0v) is 25.9. The van der Waals surface area contributed by atoms with Crippen LogP contribution in [0.3, 0.4) is 0 Å². The van der Waals surface area contributed by atoms with Crippen LogP contribution in [0.15, 0.2) is 30.3 Å². The molecule has 3 aromatic rings. The van der Waals surface area contributed by atoms with E-state index in [9.17, 15) is 9.65 Å². The third-order valence-corrected chi connectivity index (χ3v) is 9.93. The van der Waals surface area contributed by atoms with E-state index in [1.165, 1.54) is 0 Å². The maximum atomic E-state index is 16.7. The van der Waals surface area contributed by atoms with E-state index in [1.54, 1.807) is 6.07 Å². The lowest BCUT2D eigenvalue weighted by Crippen LogP contribution is -2.43. The van der Waals surface area contributed by atoms with Crippen LogP contribution in [0, 0.1) is 23.1 Å². The summed E-state index contributed by atoms with van der Waals surface area (Å²) in [7, 11) is 0. The summed E-state index contributed by atoms with van der Waals surface area (Å²) in [6, 6.07) is 12.3. The Morgan fingerprint density at radius 1 is 1.16 bits per heavy atom. The van der Waals surface area contributed by atoms with E-state index in [2.05, 4.69) is 26.9 Å². The number of nitriles is 1. The molecule has 7 rings (SSSR count). The van der Waals surface area contributed by atoms with Crippen LogP contribution in [0.4, 0.5) is 26.0 Å². The summed E-state index contributed by atoms with van der Waals surface area (Å²) in [6.07, 6.45) is 5.58. The number of aromatic nitrogens is 2. The number of carbonyl (C=O) groups is 1. The molecular formula is C33H37ClF2N6O3. The zero-order valence-electron chi connectivity index (χ0n) is 25.1. The van der Waals surface area contributed by atoms with Crippen LogP contribution < -0.4 is 14.5 Å². The van der Waals surface area contributed by atoms with Gasteiger partial charge in [-0.1, -0.05) is 29.8 Å². The molecule has 9 nitrogen and oxygen atoms in total. The second kappa shape index (κ2) is 13.3. The van der Waals surface area contributed by atoms with Crippen molar-refractivity contribution >= 4 is 46.2 Å². The first-order valence-electron chi connectivity index (χ1n) is 15.7. The Hall–Kier alpha value is -3.75. The lowest BCUT2D eigenvalue weighted by molar-refractivity contribution is -0.122. The van der Waals surface area contributed by atoms with E-state index in [-0.39, 0.29) is 36.1 Å². The Morgan fingerprint density at radius 3 is 2.80 bits per heavy atom. The summed E-state index contributed by atoms with van der Waals surface area (Å²) in [6.45, 7) is 3.24. The summed E-state index contributed by atoms with van der Waals surface area (Å²) in [5, 5.41) is 17.3. The van der Waals surface area contributed by atoms with Crippen LogP contribution in [0.5, 0.6) is 6.01 Å². The highest BCUT2D eigenvalue weighted by atomic mass is 35.5. The molecule has 0 radical (unpaired) electrons. The monoisotopic (exact) mass is 638 g/mol. The fraction of sp³-hybridized carbons (Fsp3) is 0.515. The molecule has 45 heavy (non-hydrogen) atoms. The molecule has 4 aliphatic heterocycles. The Bertz CT molecular complexity index is 1600. The third kappa shape index (κ3) is 6.10. The largest absolute Gasteiger partial charge is 0.483 e. The highest BCUT2D eigenvalue weighted by Gasteiger charge is 2.49. The van der Waals surface area contributed by atoms with Gasteiger partial charge >= 0.3 is 6.01 Å². The lowest BCUT2D eigenvalue weighted by Gasteiger charge is -2.33. The van der Waals surface area contributed by atoms with E-state index in [0.29, 0.717) is 60.9 Å². The highest BCUT2D eigenvalue weighted by molar-refractivity contribution is 6.34. The number of hydrogen-bond donors (Lipinski definition) is 1. The standard InChI is InChI=1S/C32H35ClF2N6O.CH2O2/c33-25-16-24-28(27(35)29(25)41-14-4-8-22-7-1-2-9-26(22)41)37-31(38-30(24)39-12-3-6-21(18-36)10-15-39)42-20-32-11-5-13-40(32)19-23(34)17-32;2-1-3/h1-2,7,9,16,21,23H,3-6,8,10-15,17,19-20H2;1H,(H,2,3)/t21?,23-,32+;/m1./s1. The third-order valence-electron chi connectivity index (χ3n) is 9.64. The van der Waals surface area contributed by atoms with E-state index in [4.69, 9.17) is 31.2 Å². The first-order valence-corrected chi connectivity index (χ1v) is 16.0. The molecule has 12 heteroatoms. The number of nitrogens with zero attached hydrogens (tertiary/aromatic N) is 6. The molecule has 1 N–H and O–H groups in total. The molecule has 3 atom stereocenters. The minimum Gasteiger partial charge on any atom is -0.483 e. The fourth-order valence-electron chi connectivity index (χ4n) is 7.55. The minimum atomic E-state index is -0.873. The van der Waals surface area contributed by atoms with E-state index < -0.39 is 12.0 Å². The van der Waals surface area contributed by atoms with Crippen molar-refractivity contribution in [1.29, 1.82) is 5.26 Å². The van der Waals surface area contributed by atoms with Gasteiger partial charge in [0.05, 0.1) is 22.3 Å². The number of ether oxygens (including phenoxy) is 1. The van der Waals surface area contributed by atoms with E-state index >= 15 is 4.39 Å². The van der Waals surface area contributed by atoms with Crippen LogP contribution in [0.25, 0.3) is 10.9 Å². The summed E-state index contributed by atoms with van der Waals surface area (Å²) < 4.78 is 37.4. The predicted molar refractivity (Wildman–Crippen MR) is 169 cm³/mol. The predicted octanol–water partition coefficient (Wildman–Crippen LogP) is 6.29. The molecule has 3 fully saturated rings. The summed E-state index contributed by atoms with van der Waals surface area (Å²) in [5.41, 5.74) is 2.21. The van der Waals surface area contributed by atoms with Crippen LogP contribution in [-0.2, 0) is 11.2 Å². The average Bonchev–Trinajstić information content (AvgIpc) is 3.45. The quantitative estimate of drug-likeness (QED) is 0.323. The smallest absolute Gasteiger partial charge is 0.319 e. The van der Waals surface area contributed by atoms with Gasteiger partial charge in [-0.3, -0.25) is 9.69 Å². The van der Waals surface area contributed by atoms with Crippen molar-refractivity contribution < 1.29 is 23.4 Å². The molecule has 3 saturated heterocycles. The number of carboxylic acid groups (broad SMARTS) is 1. The number of benzene rings is 2. The molecule has 4 aliphatic rings. The van der Waals surface area contributed by atoms with Crippen molar-refractivity contribution in [3.63, 3.8) is 0 Å². The Morgan fingerprint density at radius 2 is 1.98 bits per heavy atom. The van der Waals surface area contributed by atoms with Gasteiger partial charge in [-0.25, -0.2) is 8.78 Å². The Labute approximate surface area is 266 Å². The summed E-state index contributed by atoms with van der Waals surface area (Å²) >= 11 is 6.89. The maximum absolute atomic E-state index is 16.7. The topological polar surface area (TPSA) is 106 Å². The number of hydrogen-bond acceptors (Lipinski definition) is 8. The molecular weight excluding hydrogens is 602 g/mol. The van der Waals surface area contributed by atoms with Crippen molar-refractivity contribution in [2.45, 2.75) is 63.1 Å². The molecule has 0 aliphatic carbocycles. The molecule has 2 aromatic carbocycles. The SMILES string of the molecule is N#CC1CCCN(c2nc(OC[C@@]34CCCN3C[C@H](F)C4)nc3c(F)c(N4CCCc5ccccc54)c(Cl)cc23)CC1.O=CO. The van der Waals surface area contributed by atoms with Crippen molar-refractivity contribution in [1.82, 2.24) is 14.9 Å². The van der Waals surface area contributed by atoms with Gasteiger partial charge in [-0.2, -0.15) is 15.2 Å². The molecule has 0 saturated carbocycles. The van der Waals surface area contributed by atoms with E-state index in [1.807, 2.05) is 23.1 Å².